The van der Waals surface area contributed by atoms with E-state index in [1.54, 1.807) is 14.0 Å². The van der Waals surface area contributed by atoms with E-state index >= 15 is 0 Å². The Kier molecular flexibility index (Phi) is 3.98. The van der Waals surface area contributed by atoms with E-state index in [0.717, 1.165) is 25.9 Å². The summed E-state index contributed by atoms with van der Waals surface area (Å²) in [7, 11) is 1.58. The first-order valence-electron chi connectivity index (χ1n) is 6.35. The molecule has 0 saturated carbocycles. The predicted molar refractivity (Wildman–Crippen MR) is 72.8 cm³/mol. The number of aromatic nitrogens is 3. The van der Waals surface area contributed by atoms with Crippen LogP contribution in [0.1, 0.15) is 19.8 Å². The molecular formula is C11H19N7O. The lowest BCUT2D eigenvalue weighted by Gasteiger charge is -2.17. The Labute approximate surface area is 111 Å². The maximum absolute atomic E-state index is 11.5. The van der Waals surface area contributed by atoms with E-state index in [1.165, 1.54) is 0 Å². The second-order valence-electron chi connectivity index (χ2n) is 4.49. The average molecular weight is 265 g/mol. The van der Waals surface area contributed by atoms with Gasteiger partial charge in [-0.3, -0.25) is 4.79 Å². The number of hydrogen-bond acceptors (Lipinski definition) is 7. The fourth-order valence-electron chi connectivity index (χ4n) is 1.98. The van der Waals surface area contributed by atoms with Gasteiger partial charge in [0.05, 0.1) is 0 Å². The molecule has 0 aromatic carbocycles. The van der Waals surface area contributed by atoms with E-state index in [1.807, 2.05) is 0 Å². The number of likely N-dealkylation sites (N-methyl/N-ethyl adjacent to an activating group) is 1. The zero-order chi connectivity index (χ0) is 13.8. The standard InChI is InChI=1S/C11H19N7O/c1-7(8(19)13-2)14-10-15-9(12)16-11(17-10)18-5-3-4-6-18/h7H,3-6H2,1-2H3,(H,13,19)(H3,12,14,15,16,17). The molecule has 1 unspecified atom stereocenters. The van der Waals surface area contributed by atoms with Crippen molar-refractivity contribution in [3.8, 4) is 0 Å². The number of nitrogens with one attached hydrogen (secondary N) is 2. The average Bonchev–Trinajstić information content (AvgIpc) is 2.90. The van der Waals surface area contributed by atoms with Gasteiger partial charge in [-0.05, 0) is 19.8 Å². The lowest BCUT2D eigenvalue weighted by Crippen LogP contribution is -2.36. The Hall–Kier alpha value is -2.12. The van der Waals surface area contributed by atoms with Crippen LogP contribution >= 0.6 is 0 Å². The summed E-state index contributed by atoms with van der Waals surface area (Å²) < 4.78 is 0. The largest absolute Gasteiger partial charge is 0.368 e. The zero-order valence-corrected chi connectivity index (χ0v) is 11.2. The number of carbonyl (C=O) groups is 1. The Morgan fingerprint density at radius 2 is 2.00 bits per heavy atom. The van der Waals surface area contributed by atoms with Crippen LogP contribution in [-0.2, 0) is 4.79 Å². The summed E-state index contributed by atoms with van der Waals surface area (Å²) in [4.78, 5) is 26.0. The summed E-state index contributed by atoms with van der Waals surface area (Å²) >= 11 is 0. The molecule has 2 heterocycles. The summed E-state index contributed by atoms with van der Waals surface area (Å²) in [5.74, 6) is 0.910. The lowest BCUT2D eigenvalue weighted by atomic mass is 10.3. The van der Waals surface area contributed by atoms with Crippen LogP contribution in [0.5, 0.6) is 0 Å². The third kappa shape index (κ3) is 3.21. The van der Waals surface area contributed by atoms with Crippen LogP contribution in [0.2, 0.25) is 0 Å². The van der Waals surface area contributed by atoms with Crippen molar-refractivity contribution in [1.29, 1.82) is 0 Å². The van der Waals surface area contributed by atoms with Gasteiger partial charge in [0.2, 0.25) is 23.8 Å². The molecular weight excluding hydrogens is 246 g/mol. The predicted octanol–water partition coefficient (Wildman–Crippen LogP) is -0.400. The quantitative estimate of drug-likeness (QED) is 0.679. The molecule has 1 aromatic heterocycles. The topological polar surface area (TPSA) is 109 Å². The van der Waals surface area contributed by atoms with Crippen molar-refractivity contribution in [2.75, 3.05) is 36.1 Å². The molecule has 1 aliphatic rings. The molecule has 1 atom stereocenters. The summed E-state index contributed by atoms with van der Waals surface area (Å²) in [5, 5.41) is 5.47. The first kappa shape index (κ1) is 13.3. The van der Waals surface area contributed by atoms with Gasteiger partial charge in [-0.2, -0.15) is 15.0 Å². The van der Waals surface area contributed by atoms with Crippen molar-refractivity contribution in [2.45, 2.75) is 25.8 Å². The molecule has 0 spiro atoms. The molecule has 1 aliphatic heterocycles. The second-order valence-corrected chi connectivity index (χ2v) is 4.49. The highest BCUT2D eigenvalue weighted by Gasteiger charge is 2.18. The number of carbonyl (C=O) groups excluding carboxylic acids is 1. The number of anilines is 3. The van der Waals surface area contributed by atoms with Gasteiger partial charge >= 0.3 is 0 Å². The van der Waals surface area contributed by atoms with E-state index in [2.05, 4.69) is 30.5 Å². The van der Waals surface area contributed by atoms with Crippen LogP contribution in [0.4, 0.5) is 17.8 Å². The fraction of sp³-hybridized carbons (Fsp3) is 0.636. The molecule has 2 rings (SSSR count). The van der Waals surface area contributed by atoms with Crippen LogP contribution in [0.15, 0.2) is 0 Å². The molecule has 1 fully saturated rings. The van der Waals surface area contributed by atoms with Crippen LogP contribution in [0.25, 0.3) is 0 Å². The van der Waals surface area contributed by atoms with Crippen molar-refractivity contribution < 1.29 is 4.79 Å². The first-order chi connectivity index (χ1) is 9.10. The number of hydrogen-bond donors (Lipinski definition) is 3. The van der Waals surface area contributed by atoms with Gasteiger partial charge in [-0.1, -0.05) is 0 Å². The smallest absolute Gasteiger partial charge is 0.242 e. The van der Waals surface area contributed by atoms with Crippen LogP contribution in [0, 0.1) is 0 Å². The van der Waals surface area contributed by atoms with Gasteiger partial charge in [0.15, 0.2) is 0 Å². The van der Waals surface area contributed by atoms with Crippen molar-refractivity contribution in [3.05, 3.63) is 0 Å². The second kappa shape index (κ2) is 5.68. The molecule has 8 heteroatoms. The number of nitrogens with two attached hydrogens (primary N) is 1. The number of nitrogen functional groups attached to an aromatic ring is 1. The Morgan fingerprint density at radius 3 is 2.63 bits per heavy atom. The van der Waals surface area contributed by atoms with Crippen molar-refractivity contribution in [3.63, 3.8) is 0 Å². The monoisotopic (exact) mass is 265 g/mol. The van der Waals surface area contributed by atoms with Crippen molar-refractivity contribution in [2.24, 2.45) is 0 Å². The molecule has 1 saturated heterocycles. The Balaban J connectivity index is 2.14. The third-order valence-corrected chi connectivity index (χ3v) is 3.02. The Morgan fingerprint density at radius 1 is 1.32 bits per heavy atom. The summed E-state index contributed by atoms with van der Waals surface area (Å²) in [5.41, 5.74) is 5.68. The molecule has 8 nitrogen and oxygen atoms in total. The summed E-state index contributed by atoms with van der Waals surface area (Å²) in [6.45, 7) is 3.58. The first-order valence-corrected chi connectivity index (χ1v) is 6.35. The van der Waals surface area contributed by atoms with E-state index in [4.69, 9.17) is 5.73 Å². The molecule has 0 bridgehead atoms. The minimum Gasteiger partial charge on any atom is -0.368 e. The maximum Gasteiger partial charge on any atom is 0.242 e. The zero-order valence-electron chi connectivity index (χ0n) is 11.2. The van der Waals surface area contributed by atoms with Gasteiger partial charge in [0, 0.05) is 20.1 Å². The van der Waals surface area contributed by atoms with Gasteiger partial charge in [-0.15, -0.1) is 0 Å². The van der Waals surface area contributed by atoms with Gasteiger partial charge in [-0.25, -0.2) is 0 Å². The van der Waals surface area contributed by atoms with E-state index in [0.29, 0.717) is 11.9 Å². The minimum atomic E-state index is -0.432. The molecule has 1 amide bonds. The molecule has 0 radical (unpaired) electrons. The highest BCUT2D eigenvalue weighted by atomic mass is 16.2. The highest BCUT2D eigenvalue weighted by Crippen LogP contribution is 2.17. The molecule has 104 valence electrons. The van der Waals surface area contributed by atoms with Crippen molar-refractivity contribution >= 4 is 23.8 Å². The van der Waals surface area contributed by atoms with E-state index in [9.17, 15) is 4.79 Å². The van der Waals surface area contributed by atoms with Crippen LogP contribution < -0.4 is 21.3 Å². The van der Waals surface area contributed by atoms with Gasteiger partial charge in [0.1, 0.15) is 6.04 Å². The molecule has 1 aromatic rings. The lowest BCUT2D eigenvalue weighted by molar-refractivity contribution is -0.121. The van der Waals surface area contributed by atoms with Crippen molar-refractivity contribution in [1.82, 2.24) is 20.3 Å². The van der Waals surface area contributed by atoms with Crippen LogP contribution in [0.3, 0.4) is 0 Å². The van der Waals surface area contributed by atoms with Gasteiger partial charge in [0.25, 0.3) is 0 Å². The number of nitrogens with zero attached hydrogens (tertiary/aromatic N) is 4. The van der Waals surface area contributed by atoms with Gasteiger partial charge < -0.3 is 21.3 Å². The molecule has 4 N–H and O–H groups in total. The normalized spacial score (nSPS) is 16.2. The third-order valence-electron chi connectivity index (χ3n) is 3.02. The molecule has 19 heavy (non-hydrogen) atoms. The van der Waals surface area contributed by atoms with E-state index < -0.39 is 6.04 Å². The SMILES string of the molecule is CNC(=O)C(C)Nc1nc(N)nc(N2CCCC2)n1. The van der Waals surface area contributed by atoms with E-state index in [-0.39, 0.29) is 11.9 Å². The number of rotatable bonds is 4. The Bertz CT molecular complexity index is 458. The fourth-order valence-corrected chi connectivity index (χ4v) is 1.98. The highest BCUT2D eigenvalue weighted by molar-refractivity contribution is 5.83. The number of amides is 1. The maximum atomic E-state index is 11.5. The molecule has 0 aliphatic carbocycles. The van der Waals surface area contributed by atoms with Crippen LogP contribution in [-0.4, -0.2) is 47.0 Å². The minimum absolute atomic E-state index is 0.137. The summed E-state index contributed by atoms with van der Waals surface area (Å²) in [6, 6.07) is -0.432. The summed E-state index contributed by atoms with van der Waals surface area (Å²) in [6.07, 6.45) is 2.26.